The highest BCUT2D eigenvalue weighted by molar-refractivity contribution is 5.92. The Hall–Kier alpha value is -1.47. The zero-order valence-corrected chi connectivity index (χ0v) is 25.5. The Kier molecular flexibility index (Phi) is 9.41. The van der Waals surface area contributed by atoms with E-state index in [2.05, 4.69) is 45.9 Å². The van der Waals surface area contributed by atoms with Crippen LogP contribution in [0.2, 0.25) is 0 Å². The Morgan fingerprint density at radius 3 is 2.27 bits per heavy atom. The average Bonchev–Trinajstić information content (AvgIpc) is 3.25. The Balaban J connectivity index is 1.05. The minimum absolute atomic E-state index is 0.0125. The van der Waals surface area contributed by atoms with Crippen LogP contribution < -0.4 is 16.4 Å². The van der Waals surface area contributed by atoms with Crippen LogP contribution in [0, 0.1) is 35.5 Å². The SMILES string of the molecule is C=C(C)C(=O)N1CCC(N2CC(C#CC3C(C4CCC(OC5CCCCC5)CC4)C4C(N)NCNC4N3C)C2)CC1. The standard InChI is InChI=1S/C33H54N6O2/c1-22(2)33(40)38-17-15-25(16-18-38)39-19-23(20-39)9-14-28-29(30-31(34)35-21-36-32(30)37(28)3)24-10-12-27(13-11-24)41-26-7-5-4-6-8-26/h23-32,35-36H,1,4-8,10-13,15-21,34H2,2-3H3. The van der Waals surface area contributed by atoms with Crippen LogP contribution in [-0.2, 0) is 9.53 Å². The first-order chi connectivity index (χ1) is 19.9. The maximum Gasteiger partial charge on any atom is 0.248 e. The predicted octanol–water partition coefficient (Wildman–Crippen LogP) is 2.70. The molecule has 6 aliphatic rings. The first kappa shape index (κ1) is 29.6. The molecule has 5 atom stereocenters. The summed E-state index contributed by atoms with van der Waals surface area (Å²) in [6.07, 6.45) is 14.8. The van der Waals surface area contributed by atoms with Gasteiger partial charge in [-0.3, -0.25) is 25.2 Å². The third kappa shape index (κ3) is 6.41. The Bertz CT molecular complexity index is 981. The van der Waals surface area contributed by atoms with Crippen LogP contribution in [0.3, 0.4) is 0 Å². The molecule has 4 heterocycles. The van der Waals surface area contributed by atoms with E-state index >= 15 is 0 Å². The molecule has 6 fully saturated rings. The number of likely N-dealkylation sites (tertiary alicyclic amines) is 3. The summed E-state index contributed by atoms with van der Waals surface area (Å²) in [5, 5.41) is 7.21. The fourth-order valence-electron chi connectivity index (χ4n) is 8.93. The van der Waals surface area contributed by atoms with Crippen LogP contribution in [0.15, 0.2) is 12.2 Å². The summed E-state index contributed by atoms with van der Waals surface area (Å²) in [6.45, 7) is 10.2. The molecule has 2 saturated carbocycles. The fourth-order valence-corrected chi connectivity index (χ4v) is 8.93. The van der Waals surface area contributed by atoms with E-state index < -0.39 is 0 Å². The van der Waals surface area contributed by atoms with Gasteiger partial charge in [-0.15, -0.1) is 0 Å². The molecular formula is C33H54N6O2. The number of ether oxygens (including phenoxy) is 1. The van der Waals surface area contributed by atoms with Crippen LogP contribution in [0.1, 0.15) is 77.6 Å². The summed E-state index contributed by atoms with van der Waals surface area (Å²) in [6, 6.07) is 0.820. The van der Waals surface area contributed by atoms with Gasteiger partial charge in [0.2, 0.25) is 5.91 Å². The van der Waals surface area contributed by atoms with Crippen molar-refractivity contribution in [3.05, 3.63) is 12.2 Å². The summed E-state index contributed by atoms with van der Waals surface area (Å²) in [5.74, 6) is 9.62. The molecular weight excluding hydrogens is 512 g/mol. The van der Waals surface area contributed by atoms with Crippen molar-refractivity contribution in [1.82, 2.24) is 25.3 Å². The fraction of sp³-hybridized carbons (Fsp3) is 0.848. The van der Waals surface area contributed by atoms with Gasteiger partial charge in [-0.05, 0) is 77.2 Å². The molecule has 4 N–H and O–H groups in total. The maximum absolute atomic E-state index is 12.3. The van der Waals surface area contributed by atoms with E-state index in [9.17, 15) is 4.79 Å². The third-order valence-electron chi connectivity index (χ3n) is 11.3. The monoisotopic (exact) mass is 566 g/mol. The van der Waals surface area contributed by atoms with Crippen molar-refractivity contribution in [2.45, 2.75) is 114 Å². The number of nitrogens with zero attached hydrogens (tertiary/aromatic N) is 3. The molecule has 0 radical (unpaired) electrons. The highest BCUT2D eigenvalue weighted by atomic mass is 16.5. The summed E-state index contributed by atoms with van der Waals surface area (Å²) in [7, 11) is 2.26. The summed E-state index contributed by atoms with van der Waals surface area (Å²) in [4.78, 5) is 19.3. The van der Waals surface area contributed by atoms with E-state index in [1.165, 1.54) is 57.8 Å². The van der Waals surface area contributed by atoms with Crippen LogP contribution >= 0.6 is 0 Å². The van der Waals surface area contributed by atoms with E-state index in [0.29, 0.717) is 47.5 Å². The third-order valence-corrected chi connectivity index (χ3v) is 11.3. The molecule has 0 aromatic rings. The van der Waals surface area contributed by atoms with Gasteiger partial charge in [0.05, 0.1) is 30.6 Å². The van der Waals surface area contributed by atoms with Crippen molar-refractivity contribution in [2.75, 3.05) is 39.9 Å². The topological polar surface area (TPSA) is 86.1 Å². The van der Waals surface area contributed by atoms with E-state index in [0.717, 1.165) is 45.7 Å². The van der Waals surface area contributed by atoms with Crippen LogP contribution in [0.25, 0.3) is 0 Å². The Labute approximate surface area is 248 Å². The van der Waals surface area contributed by atoms with E-state index in [1.54, 1.807) is 0 Å². The quantitative estimate of drug-likeness (QED) is 0.349. The van der Waals surface area contributed by atoms with Crippen molar-refractivity contribution in [3.63, 3.8) is 0 Å². The molecule has 41 heavy (non-hydrogen) atoms. The normalized spacial score (nSPS) is 38.1. The largest absolute Gasteiger partial charge is 0.375 e. The smallest absolute Gasteiger partial charge is 0.248 e. The lowest BCUT2D eigenvalue weighted by Crippen LogP contribution is -2.63. The second-order valence-electron chi connectivity index (χ2n) is 14.0. The van der Waals surface area contributed by atoms with Crippen LogP contribution in [-0.4, -0.2) is 97.1 Å². The molecule has 4 saturated heterocycles. The van der Waals surface area contributed by atoms with Gasteiger partial charge in [0.25, 0.3) is 0 Å². The second kappa shape index (κ2) is 13.0. The van der Waals surface area contributed by atoms with E-state index in [4.69, 9.17) is 10.5 Å². The number of amides is 1. The lowest BCUT2D eigenvalue weighted by Gasteiger charge is -2.45. The van der Waals surface area contributed by atoms with Gasteiger partial charge >= 0.3 is 0 Å². The molecule has 228 valence electrons. The lowest BCUT2D eigenvalue weighted by molar-refractivity contribution is -0.128. The number of hydrogen-bond donors (Lipinski definition) is 3. The molecule has 6 rings (SSSR count). The number of fused-ring (bicyclic) bond motifs is 1. The molecule has 8 heteroatoms. The number of hydrogen-bond acceptors (Lipinski definition) is 7. The number of carbonyl (C=O) groups is 1. The van der Waals surface area contributed by atoms with E-state index in [1.807, 2.05) is 11.8 Å². The highest BCUT2D eigenvalue weighted by Crippen LogP contribution is 2.45. The summed E-state index contributed by atoms with van der Waals surface area (Å²) >= 11 is 0. The van der Waals surface area contributed by atoms with Crippen LogP contribution in [0.4, 0.5) is 0 Å². The number of piperidine rings is 1. The molecule has 8 nitrogen and oxygen atoms in total. The van der Waals surface area contributed by atoms with Gasteiger partial charge in [0.15, 0.2) is 0 Å². The Morgan fingerprint density at radius 1 is 0.902 bits per heavy atom. The zero-order valence-electron chi connectivity index (χ0n) is 25.5. The van der Waals surface area contributed by atoms with Crippen LogP contribution in [0.5, 0.6) is 0 Å². The average molecular weight is 567 g/mol. The van der Waals surface area contributed by atoms with E-state index in [-0.39, 0.29) is 24.3 Å². The van der Waals surface area contributed by atoms with Gasteiger partial charge in [0, 0.05) is 56.3 Å². The molecule has 1 amide bonds. The van der Waals surface area contributed by atoms with Gasteiger partial charge in [-0.25, -0.2) is 0 Å². The van der Waals surface area contributed by atoms with Gasteiger partial charge in [-0.2, -0.15) is 0 Å². The first-order valence-electron chi connectivity index (χ1n) is 16.7. The van der Waals surface area contributed by atoms with Crippen molar-refractivity contribution in [1.29, 1.82) is 0 Å². The minimum Gasteiger partial charge on any atom is -0.375 e. The zero-order chi connectivity index (χ0) is 28.5. The van der Waals surface area contributed by atoms with Gasteiger partial charge in [0.1, 0.15) is 0 Å². The van der Waals surface area contributed by atoms with Crippen molar-refractivity contribution in [2.24, 2.45) is 29.4 Å². The maximum atomic E-state index is 12.3. The minimum atomic E-state index is 0.0125. The summed E-state index contributed by atoms with van der Waals surface area (Å²) < 4.78 is 6.59. The Morgan fingerprint density at radius 2 is 1.59 bits per heavy atom. The number of carbonyl (C=O) groups excluding carboxylic acids is 1. The molecule has 5 unspecified atom stereocenters. The predicted molar refractivity (Wildman–Crippen MR) is 162 cm³/mol. The number of rotatable bonds is 5. The molecule has 0 bridgehead atoms. The molecule has 0 spiro atoms. The van der Waals surface area contributed by atoms with Gasteiger partial charge < -0.3 is 15.4 Å². The molecule has 0 aromatic heterocycles. The highest BCUT2D eigenvalue weighted by Gasteiger charge is 2.53. The second-order valence-corrected chi connectivity index (χ2v) is 14.0. The van der Waals surface area contributed by atoms with Crippen molar-refractivity contribution in [3.8, 4) is 11.8 Å². The lowest BCUT2D eigenvalue weighted by atomic mass is 9.70. The number of nitrogens with one attached hydrogen (secondary N) is 2. The number of nitrogens with two attached hydrogens (primary N) is 1. The van der Waals surface area contributed by atoms with Crippen molar-refractivity contribution < 1.29 is 9.53 Å². The molecule has 0 aromatic carbocycles. The first-order valence-corrected chi connectivity index (χ1v) is 16.7. The van der Waals surface area contributed by atoms with Gasteiger partial charge in [-0.1, -0.05) is 37.7 Å². The molecule has 2 aliphatic carbocycles. The summed E-state index contributed by atoms with van der Waals surface area (Å²) in [5.41, 5.74) is 7.39. The molecule has 4 aliphatic heterocycles. The van der Waals surface area contributed by atoms with Crippen molar-refractivity contribution >= 4 is 5.91 Å².